The van der Waals surface area contributed by atoms with Gasteiger partial charge in [0.05, 0.1) is 13.1 Å². The number of nitrogens with one attached hydrogen (secondary N) is 2. The van der Waals surface area contributed by atoms with Crippen molar-refractivity contribution in [2.75, 3.05) is 13.1 Å². The van der Waals surface area contributed by atoms with Crippen molar-refractivity contribution in [3.05, 3.63) is 0 Å². The lowest BCUT2D eigenvalue weighted by Crippen LogP contribution is -2.47. The summed E-state index contributed by atoms with van der Waals surface area (Å²) in [5, 5.41) is 5.06. The molecule has 0 saturated heterocycles. The van der Waals surface area contributed by atoms with Crippen molar-refractivity contribution in [3.8, 4) is 0 Å². The maximum Gasteiger partial charge on any atom is 0.407 e. The highest BCUT2D eigenvalue weighted by Gasteiger charge is 2.33. The van der Waals surface area contributed by atoms with Gasteiger partial charge in [0.15, 0.2) is 0 Å². The second-order valence-electron chi connectivity index (χ2n) is 8.03. The lowest BCUT2D eigenvalue weighted by Gasteiger charge is -2.35. The molecule has 22 heavy (non-hydrogen) atoms. The monoisotopic (exact) mass is 320 g/mol. The van der Waals surface area contributed by atoms with Crippen LogP contribution in [0.25, 0.3) is 0 Å². The molecule has 0 aliphatic heterocycles. The van der Waals surface area contributed by atoms with Gasteiger partial charge in [-0.25, -0.2) is 13.6 Å². The van der Waals surface area contributed by atoms with Crippen LogP contribution in [0.4, 0.5) is 13.6 Å². The molecular weight excluding hydrogens is 290 g/mol. The Kier molecular flexibility index (Phi) is 6.18. The normalized spacial score (nSPS) is 19.8. The van der Waals surface area contributed by atoms with Gasteiger partial charge in [0.2, 0.25) is 0 Å². The molecule has 1 saturated carbocycles. The van der Waals surface area contributed by atoms with Gasteiger partial charge in [0, 0.05) is 6.04 Å². The lowest BCUT2D eigenvalue weighted by molar-refractivity contribution is -0.00733. The minimum atomic E-state index is -2.98. The quantitative estimate of drug-likeness (QED) is 0.812. The molecule has 1 aliphatic rings. The Labute approximate surface area is 132 Å². The van der Waals surface area contributed by atoms with Gasteiger partial charge < -0.3 is 15.4 Å². The van der Waals surface area contributed by atoms with Crippen molar-refractivity contribution in [1.82, 2.24) is 10.6 Å². The minimum Gasteiger partial charge on any atom is -0.444 e. The molecule has 0 radical (unpaired) electrons. The van der Waals surface area contributed by atoms with Crippen molar-refractivity contribution in [2.24, 2.45) is 5.41 Å². The Morgan fingerprint density at radius 2 is 1.73 bits per heavy atom. The number of ether oxygens (including phenoxy) is 1. The summed E-state index contributed by atoms with van der Waals surface area (Å²) in [5.74, 6) is -2.98. The van der Waals surface area contributed by atoms with E-state index in [1.54, 1.807) is 20.8 Å². The fraction of sp³-hybridized carbons (Fsp3) is 0.938. The predicted molar refractivity (Wildman–Crippen MR) is 83.2 cm³/mol. The van der Waals surface area contributed by atoms with Gasteiger partial charge in [-0.2, -0.15) is 0 Å². The molecule has 4 nitrogen and oxygen atoms in total. The number of carbonyl (C=O) groups is 1. The summed E-state index contributed by atoms with van der Waals surface area (Å²) >= 11 is 0. The molecule has 0 aromatic carbocycles. The molecule has 1 fully saturated rings. The molecule has 0 aromatic rings. The first-order valence-corrected chi connectivity index (χ1v) is 7.97. The summed E-state index contributed by atoms with van der Waals surface area (Å²) in [7, 11) is 0. The van der Waals surface area contributed by atoms with Crippen LogP contribution in [0.2, 0.25) is 0 Å². The molecule has 0 unspecified atom stereocenters. The molecule has 0 spiro atoms. The highest BCUT2D eigenvalue weighted by Crippen LogP contribution is 2.35. The Bertz CT molecular complexity index is 369. The first kappa shape index (κ1) is 19.1. The molecule has 1 amide bonds. The second kappa shape index (κ2) is 7.11. The average molecular weight is 320 g/mol. The fourth-order valence-corrected chi connectivity index (χ4v) is 2.48. The Balaban J connectivity index is 2.28. The van der Waals surface area contributed by atoms with Crippen LogP contribution < -0.4 is 10.6 Å². The van der Waals surface area contributed by atoms with E-state index in [1.165, 1.54) is 0 Å². The number of hydrogen-bond donors (Lipinski definition) is 2. The van der Waals surface area contributed by atoms with Gasteiger partial charge in [-0.15, -0.1) is 0 Å². The SMILES string of the molecule is CC1(C)CCC(NCC(F)(F)CNC(=O)OC(C)(C)C)CC1. The Morgan fingerprint density at radius 3 is 2.23 bits per heavy atom. The average Bonchev–Trinajstić information content (AvgIpc) is 2.33. The molecule has 2 N–H and O–H groups in total. The highest BCUT2D eigenvalue weighted by atomic mass is 19.3. The molecule has 130 valence electrons. The van der Waals surface area contributed by atoms with Gasteiger partial charge in [-0.05, 0) is 51.9 Å². The summed E-state index contributed by atoms with van der Waals surface area (Å²) in [4.78, 5) is 11.4. The Morgan fingerprint density at radius 1 is 1.18 bits per heavy atom. The summed E-state index contributed by atoms with van der Waals surface area (Å²) in [6.07, 6.45) is 3.12. The molecule has 6 heteroatoms. The standard InChI is InChI=1S/C16H30F2N2O2/c1-14(2,3)22-13(21)20-11-16(17,18)10-19-12-6-8-15(4,5)9-7-12/h12,19H,6-11H2,1-5H3,(H,20,21). The van der Waals surface area contributed by atoms with Crippen molar-refractivity contribution in [2.45, 2.75) is 77.9 Å². The molecule has 0 atom stereocenters. The van der Waals surface area contributed by atoms with Gasteiger partial charge in [-0.1, -0.05) is 13.8 Å². The summed E-state index contributed by atoms with van der Waals surface area (Å²) in [5.41, 5.74) is -0.370. The number of alkyl carbamates (subject to hydrolysis) is 1. The first-order chi connectivity index (χ1) is 9.89. The van der Waals surface area contributed by atoms with Crippen LogP contribution in [0.5, 0.6) is 0 Å². The zero-order chi connectivity index (χ0) is 17.0. The number of amides is 1. The van der Waals surface area contributed by atoms with E-state index < -0.39 is 30.7 Å². The van der Waals surface area contributed by atoms with E-state index in [9.17, 15) is 13.6 Å². The summed E-state index contributed by atoms with van der Waals surface area (Å²) in [6, 6.07) is 0.139. The number of rotatable bonds is 5. The van der Waals surface area contributed by atoms with E-state index in [1.807, 2.05) is 0 Å². The van der Waals surface area contributed by atoms with E-state index in [4.69, 9.17) is 4.74 Å². The van der Waals surface area contributed by atoms with Crippen LogP contribution in [0.1, 0.15) is 60.3 Å². The maximum absolute atomic E-state index is 13.8. The van der Waals surface area contributed by atoms with E-state index in [-0.39, 0.29) is 6.04 Å². The molecule has 0 bridgehead atoms. The zero-order valence-electron chi connectivity index (χ0n) is 14.4. The van der Waals surface area contributed by atoms with Crippen LogP contribution in [0.3, 0.4) is 0 Å². The van der Waals surface area contributed by atoms with Crippen molar-refractivity contribution >= 4 is 6.09 Å². The van der Waals surface area contributed by atoms with E-state index >= 15 is 0 Å². The van der Waals surface area contributed by atoms with Crippen LogP contribution in [-0.4, -0.2) is 36.7 Å². The van der Waals surface area contributed by atoms with Gasteiger partial charge >= 0.3 is 6.09 Å². The third kappa shape index (κ3) is 7.92. The van der Waals surface area contributed by atoms with E-state index in [0.29, 0.717) is 5.41 Å². The minimum absolute atomic E-state index is 0.139. The smallest absolute Gasteiger partial charge is 0.407 e. The van der Waals surface area contributed by atoms with Crippen molar-refractivity contribution < 1.29 is 18.3 Å². The predicted octanol–water partition coefficient (Wildman–Crippen LogP) is 3.70. The van der Waals surface area contributed by atoms with Crippen LogP contribution in [0.15, 0.2) is 0 Å². The topological polar surface area (TPSA) is 50.4 Å². The number of alkyl halides is 2. The van der Waals surface area contributed by atoms with Crippen LogP contribution in [0, 0.1) is 5.41 Å². The largest absolute Gasteiger partial charge is 0.444 e. The molecule has 1 rings (SSSR count). The first-order valence-electron chi connectivity index (χ1n) is 7.97. The number of halogens is 2. The number of hydrogen-bond acceptors (Lipinski definition) is 3. The summed E-state index contributed by atoms with van der Waals surface area (Å²) < 4.78 is 32.5. The second-order valence-corrected chi connectivity index (χ2v) is 8.03. The van der Waals surface area contributed by atoms with Gasteiger partial charge in [-0.3, -0.25) is 0 Å². The zero-order valence-corrected chi connectivity index (χ0v) is 14.4. The molecule has 0 heterocycles. The third-order valence-corrected chi connectivity index (χ3v) is 3.88. The highest BCUT2D eigenvalue weighted by molar-refractivity contribution is 5.67. The molecule has 1 aliphatic carbocycles. The van der Waals surface area contributed by atoms with Crippen LogP contribution in [-0.2, 0) is 4.74 Å². The third-order valence-electron chi connectivity index (χ3n) is 3.88. The Hall–Kier alpha value is -0.910. The summed E-state index contributed by atoms with van der Waals surface area (Å²) in [6.45, 7) is 8.36. The fourth-order valence-electron chi connectivity index (χ4n) is 2.48. The van der Waals surface area contributed by atoms with Gasteiger partial charge in [0.25, 0.3) is 5.92 Å². The van der Waals surface area contributed by atoms with Crippen LogP contribution >= 0.6 is 0 Å². The molecule has 0 aromatic heterocycles. The number of carbonyl (C=O) groups excluding carboxylic acids is 1. The van der Waals surface area contributed by atoms with Crippen molar-refractivity contribution in [3.63, 3.8) is 0 Å². The maximum atomic E-state index is 13.8. The lowest BCUT2D eigenvalue weighted by atomic mass is 9.75. The van der Waals surface area contributed by atoms with E-state index in [0.717, 1.165) is 25.7 Å². The van der Waals surface area contributed by atoms with Gasteiger partial charge in [0.1, 0.15) is 5.60 Å². The molecular formula is C16H30F2N2O2. The van der Waals surface area contributed by atoms with Crippen molar-refractivity contribution in [1.29, 1.82) is 0 Å². The van der Waals surface area contributed by atoms with E-state index in [2.05, 4.69) is 24.5 Å².